The first kappa shape index (κ1) is 16.7. The number of rotatable bonds is 5. The van der Waals surface area contributed by atoms with Gasteiger partial charge in [0.05, 0.1) is 11.6 Å². The third-order valence-electron chi connectivity index (χ3n) is 4.22. The van der Waals surface area contributed by atoms with Gasteiger partial charge in [0, 0.05) is 0 Å². The predicted octanol–water partition coefficient (Wildman–Crippen LogP) is 5.06. The highest BCUT2D eigenvalue weighted by atomic mass is 16.7. The van der Waals surface area contributed by atoms with E-state index in [1.54, 1.807) is 0 Å². The van der Waals surface area contributed by atoms with Crippen LogP contribution in [0.25, 0.3) is 11.6 Å². The maximum atomic E-state index is 9.59. The van der Waals surface area contributed by atoms with Crippen molar-refractivity contribution in [1.29, 1.82) is 5.26 Å². The van der Waals surface area contributed by atoms with Gasteiger partial charge in [0.1, 0.15) is 12.4 Å². The highest BCUT2D eigenvalue weighted by Crippen LogP contribution is 2.34. The molecule has 4 rings (SSSR count). The van der Waals surface area contributed by atoms with Crippen LogP contribution in [0.1, 0.15) is 16.7 Å². The Kier molecular flexibility index (Phi) is 4.76. The molecule has 0 fully saturated rings. The third-order valence-corrected chi connectivity index (χ3v) is 4.22. The van der Waals surface area contributed by atoms with Crippen LogP contribution in [0.5, 0.6) is 17.2 Å². The Labute approximate surface area is 157 Å². The van der Waals surface area contributed by atoms with Gasteiger partial charge in [0.25, 0.3) is 0 Å². The molecule has 4 nitrogen and oxygen atoms in total. The summed E-state index contributed by atoms with van der Waals surface area (Å²) < 4.78 is 16.6. The van der Waals surface area contributed by atoms with Gasteiger partial charge in [-0.25, -0.2) is 0 Å². The van der Waals surface area contributed by atoms with E-state index < -0.39 is 0 Å². The zero-order chi connectivity index (χ0) is 18.5. The highest BCUT2D eigenvalue weighted by molar-refractivity contribution is 5.90. The molecule has 3 aromatic rings. The maximum Gasteiger partial charge on any atom is 0.231 e. The van der Waals surface area contributed by atoms with Crippen molar-refractivity contribution in [3.8, 4) is 23.3 Å². The molecule has 0 aliphatic carbocycles. The van der Waals surface area contributed by atoms with E-state index >= 15 is 0 Å². The minimum absolute atomic E-state index is 0.213. The largest absolute Gasteiger partial charge is 0.489 e. The maximum absolute atomic E-state index is 9.59. The van der Waals surface area contributed by atoms with Gasteiger partial charge < -0.3 is 14.2 Å². The summed E-state index contributed by atoms with van der Waals surface area (Å²) in [5.41, 5.74) is 3.34. The molecule has 1 aliphatic rings. The summed E-state index contributed by atoms with van der Waals surface area (Å²) in [7, 11) is 0. The molecule has 0 saturated carbocycles. The minimum Gasteiger partial charge on any atom is -0.489 e. The van der Waals surface area contributed by atoms with Gasteiger partial charge in [0.15, 0.2) is 11.5 Å². The summed E-state index contributed by atoms with van der Waals surface area (Å²) in [6, 6.07) is 25.5. The first-order chi connectivity index (χ1) is 13.3. The summed E-state index contributed by atoms with van der Waals surface area (Å²) in [5.74, 6) is 2.12. The second-order valence-corrected chi connectivity index (χ2v) is 6.08. The molecule has 0 N–H and O–H groups in total. The molecule has 132 valence electrons. The molecule has 0 radical (unpaired) electrons. The fraction of sp³-hybridized carbons (Fsp3) is 0.0870. The Balaban J connectivity index is 1.54. The van der Waals surface area contributed by atoms with Gasteiger partial charge in [-0.15, -0.1) is 0 Å². The Bertz CT molecular complexity index is 1020. The zero-order valence-electron chi connectivity index (χ0n) is 14.6. The monoisotopic (exact) mass is 355 g/mol. The van der Waals surface area contributed by atoms with E-state index in [2.05, 4.69) is 6.07 Å². The second-order valence-electron chi connectivity index (χ2n) is 6.08. The molecule has 0 unspecified atom stereocenters. The first-order valence-corrected chi connectivity index (χ1v) is 8.60. The molecule has 0 amide bonds. The van der Waals surface area contributed by atoms with E-state index in [1.807, 2.05) is 78.9 Å². The van der Waals surface area contributed by atoms with Crippen LogP contribution in [0.3, 0.4) is 0 Å². The SMILES string of the molecule is N#C/C(=C/c1cccc(OCc2ccccc2)c1)c1ccc2c(c1)OCO2. The van der Waals surface area contributed by atoms with E-state index in [0.717, 1.165) is 22.4 Å². The number of hydrogen-bond acceptors (Lipinski definition) is 4. The van der Waals surface area contributed by atoms with Crippen molar-refractivity contribution >= 4 is 11.6 Å². The number of ether oxygens (including phenoxy) is 3. The normalized spacial score (nSPS) is 12.5. The van der Waals surface area contributed by atoms with Crippen molar-refractivity contribution in [3.63, 3.8) is 0 Å². The predicted molar refractivity (Wildman–Crippen MR) is 103 cm³/mol. The van der Waals surface area contributed by atoms with Crippen LogP contribution in [0.15, 0.2) is 72.8 Å². The number of nitrogens with zero attached hydrogens (tertiary/aromatic N) is 1. The van der Waals surface area contributed by atoms with Crippen molar-refractivity contribution < 1.29 is 14.2 Å². The molecule has 0 saturated heterocycles. The van der Waals surface area contributed by atoms with E-state index in [0.29, 0.717) is 23.7 Å². The van der Waals surface area contributed by atoms with E-state index in [4.69, 9.17) is 14.2 Å². The summed E-state index contributed by atoms with van der Waals surface area (Å²) in [6.07, 6.45) is 1.84. The quantitative estimate of drug-likeness (QED) is 0.474. The molecule has 0 aromatic heterocycles. The van der Waals surface area contributed by atoms with Crippen LogP contribution in [0.4, 0.5) is 0 Å². The molecular weight excluding hydrogens is 338 g/mol. The fourth-order valence-electron chi connectivity index (χ4n) is 2.85. The molecule has 4 heteroatoms. The lowest BCUT2D eigenvalue weighted by atomic mass is 10.0. The van der Waals surface area contributed by atoms with Crippen molar-refractivity contribution in [3.05, 3.63) is 89.5 Å². The van der Waals surface area contributed by atoms with Gasteiger partial charge in [-0.2, -0.15) is 5.26 Å². The topological polar surface area (TPSA) is 51.5 Å². The zero-order valence-corrected chi connectivity index (χ0v) is 14.6. The van der Waals surface area contributed by atoms with E-state index in [-0.39, 0.29) is 6.79 Å². The molecule has 0 spiro atoms. The number of nitriles is 1. The van der Waals surface area contributed by atoms with Crippen LogP contribution < -0.4 is 14.2 Å². The van der Waals surface area contributed by atoms with Crippen molar-refractivity contribution in [2.24, 2.45) is 0 Å². The summed E-state index contributed by atoms with van der Waals surface area (Å²) in [4.78, 5) is 0. The number of allylic oxidation sites excluding steroid dienone is 1. The van der Waals surface area contributed by atoms with Crippen molar-refractivity contribution in [2.75, 3.05) is 6.79 Å². The number of benzene rings is 3. The first-order valence-electron chi connectivity index (χ1n) is 8.60. The van der Waals surface area contributed by atoms with Gasteiger partial charge >= 0.3 is 0 Å². The smallest absolute Gasteiger partial charge is 0.231 e. The molecule has 1 aliphatic heterocycles. The van der Waals surface area contributed by atoms with Gasteiger partial charge in [-0.3, -0.25) is 0 Å². The summed E-state index contributed by atoms with van der Waals surface area (Å²) >= 11 is 0. The average Bonchev–Trinajstić information content (AvgIpc) is 3.19. The lowest BCUT2D eigenvalue weighted by Crippen LogP contribution is -1.95. The highest BCUT2D eigenvalue weighted by Gasteiger charge is 2.14. The third kappa shape index (κ3) is 3.94. The Hall–Kier alpha value is -3.71. The fourth-order valence-corrected chi connectivity index (χ4v) is 2.85. The van der Waals surface area contributed by atoms with Gasteiger partial charge in [0.2, 0.25) is 6.79 Å². The van der Waals surface area contributed by atoms with Crippen LogP contribution in [-0.2, 0) is 6.61 Å². The standard InChI is InChI=1S/C23H17NO3/c24-14-20(19-9-10-22-23(13-19)27-16-26-22)11-18-7-4-8-21(12-18)25-15-17-5-2-1-3-6-17/h1-13H,15-16H2/b20-11-. The van der Waals surface area contributed by atoms with Crippen LogP contribution >= 0.6 is 0 Å². The van der Waals surface area contributed by atoms with Crippen molar-refractivity contribution in [2.45, 2.75) is 6.61 Å². The summed E-state index contributed by atoms with van der Waals surface area (Å²) in [5, 5.41) is 9.59. The van der Waals surface area contributed by atoms with Crippen LogP contribution in [0, 0.1) is 11.3 Å². The Morgan fingerprint density at radius 3 is 2.67 bits per heavy atom. The molecule has 0 atom stereocenters. The number of hydrogen-bond donors (Lipinski definition) is 0. The van der Waals surface area contributed by atoms with Gasteiger partial charge in [-0.05, 0) is 53.1 Å². The molecular formula is C23H17NO3. The summed E-state index contributed by atoms with van der Waals surface area (Å²) in [6.45, 7) is 0.715. The molecule has 3 aromatic carbocycles. The lowest BCUT2D eigenvalue weighted by Gasteiger charge is -2.07. The molecule has 1 heterocycles. The van der Waals surface area contributed by atoms with Crippen LogP contribution in [0.2, 0.25) is 0 Å². The van der Waals surface area contributed by atoms with Crippen molar-refractivity contribution in [1.82, 2.24) is 0 Å². The minimum atomic E-state index is 0.213. The average molecular weight is 355 g/mol. The Morgan fingerprint density at radius 1 is 0.963 bits per heavy atom. The molecule has 27 heavy (non-hydrogen) atoms. The Morgan fingerprint density at radius 2 is 1.81 bits per heavy atom. The second kappa shape index (κ2) is 7.67. The lowest BCUT2D eigenvalue weighted by molar-refractivity contribution is 0.174. The number of fused-ring (bicyclic) bond motifs is 1. The van der Waals surface area contributed by atoms with Crippen LogP contribution in [-0.4, -0.2) is 6.79 Å². The van der Waals surface area contributed by atoms with E-state index in [9.17, 15) is 5.26 Å². The van der Waals surface area contributed by atoms with Gasteiger partial charge in [-0.1, -0.05) is 42.5 Å². The van der Waals surface area contributed by atoms with E-state index in [1.165, 1.54) is 0 Å². The molecule has 0 bridgehead atoms.